The Hall–Kier alpha value is -0.245. The maximum absolute atomic E-state index is 7.17. The van der Waals surface area contributed by atoms with E-state index in [1.54, 1.807) is 0 Å². The van der Waals surface area contributed by atoms with E-state index >= 15 is 0 Å². The fraction of sp³-hybridized carbons (Fsp3) is 0. The molecule has 0 heterocycles. The summed E-state index contributed by atoms with van der Waals surface area (Å²) in [6.07, 6.45) is 0. The molecular formula is H13BFN3O3. The molecule has 0 aromatic rings. The second-order valence-corrected chi connectivity index (χ2v) is 0.346. The van der Waals surface area contributed by atoms with Gasteiger partial charge in [-0.1, -0.05) is 0 Å². The number of hydrogen-bond donors (Lipinski definition) is 6. The van der Waals surface area contributed by atoms with Crippen molar-refractivity contribution in [3.05, 3.63) is 0 Å². The minimum Gasteiger partial charge on any atom is -0.402 e. The first kappa shape index (κ1) is 46.6. The summed E-state index contributed by atoms with van der Waals surface area (Å²) in [5.74, 6) is 0. The molecule has 0 spiro atoms. The molecule has 0 unspecified atom stereocenters. The van der Waals surface area contributed by atoms with Gasteiger partial charge < -0.3 is 33.5 Å². The zero-order valence-electron chi connectivity index (χ0n) is 4.45. The van der Waals surface area contributed by atoms with Crippen molar-refractivity contribution in [2.24, 2.45) is 0 Å². The van der Waals surface area contributed by atoms with Crippen molar-refractivity contribution in [2.75, 3.05) is 0 Å². The molecule has 0 saturated heterocycles. The van der Waals surface area contributed by atoms with Crippen molar-refractivity contribution < 1.29 is 19.8 Å². The van der Waals surface area contributed by atoms with Crippen molar-refractivity contribution in [2.45, 2.75) is 0 Å². The van der Waals surface area contributed by atoms with Gasteiger partial charge in [-0.05, 0) is 0 Å². The van der Waals surface area contributed by atoms with Crippen LogP contribution in [0.5, 0.6) is 0 Å². The van der Waals surface area contributed by atoms with Gasteiger partial charge in [-0.3, -0.25) is 4.70 Å². The van der Waals surface area contributed by atoms with Gasteiger partial charge in [0.25, 0.3) is 0 Å². The van der Waals surface area contributed by atoms with Gasteiger partial charge in [-0.15, -0.1) is 0 Å². The average molecular weight is 133 g/mol. The highest BCUT2D eigenvalue weighted by atomic mass is 19.0. The first-order valence-corrected chi connectivity index (χ1v) is 0.775. The van der Waals surface area contributed by atoms with Crippen LogP contribution in [0.1, 0.15) is 0 Å². The Kier molecular flexibility index (Phi) is 172. The Bertz CT molecular complexity index is 19.2. The van der Waals surface area contributed by atoms with E-state index in [0.717, 1.165) is 0 Å². The molecule has 0 amide bonds. The second-order valence-electron chi connectivity index (χ2n) is 0.346. The quantitative estimate of drug-likeness (QED) is 0.222. The molecule has 0 atom stereocenters. The van der Waals surface area contributed by atoms with Crippen LogP contribution in [-0.2, 0) is 0 Å². The highest BCUT2D eigenvalue weighted by Crippen LogP contribution is 1.40. The van der Waals surface area contributed by atoms with Gasteiger partial charge >= 0.3 is 7.32 Å². The zero-order chi connectivity index (χ0) is 3.58. The van der Waals surface area contributed by atoms with Gasteiger partial charge in [0.1, 0.15) is 0 Å². The summed E-state index contributed by atoms with van der Waals surface area (Å²) in [6.45, 7) is 0. The topological polar surface area (TPSA) is 166 Å². The molecule has 0 aliphatic heterocycles. The average Bonchev–Trinajstić information content (AvgIpc) is 0.811. The van der Waals surface area contributed by atoms with Crippen LogP contribution < -0.4 is 18.5 Å². The van der Waals surface area contributed by atoms with Crippen LogP contribution in [0.3, 0.4) is 0 Å². The zero-order valence-corrected chi connectivity index (χ0v) is 4.45. The molecule has 0 aliphatic rings. The van der Waals surface area contributed by atoms with Gasteiger partial charge in [0, 0.05) is 0 Å². The number of hydrogen-bond acceptors (Lipinski definition) is 6. The van der Waals surface area contributed by atoms with Crippen LogP contribution in [0, 0.1) is 0 Å². The predicted octanol–water partition coefficient (Wildman–Crippen LogP) is -1.41. The summed E-state index contributed by atoms with van der Waals surface area (Å²) >= 11 is 0. The van der Waals surface area contributed by atoms with E-state index in [1.807, 2.05) is 0 Å². The van der Waals surface area contributed by atoms with Gasteiger partial charge in [0.05, 0.1) is 0 Å². The molecular weight excluding hydrogens is 120 g/mol. The highest BCUT2D eigenvalue weighted by molar-refractivity contribution is 6.30. The maximum Gasteiger partial charge on any atom is 0.631 e. The molecule has 8 heavy (non-hydrogen) atoms. The molecule has 6 nitrogen and oxygen atoms in total. The van der Waals surface area contributed by atoms with E-state index in [0.29, 0.717) is 0 Å². The Morgan fingerprint density at radius 3 is 0.750 bits per heavy atom. The molecule has 0 fully saturated rings. The molecule has 0 rings (SSSR count). The smallest absolute Gasteiger partial charge is 0.402 e. The maximum atomic E-state index is 7.17. The molecule has 8 heteroatoms. The fourth-order valence-electron chi connectivity index (χ4n) is 0. The minimum absolute atomic E-state index is 0. The molecule has 0 aromatic heterocycles. The van der Waals surface area contributed by atoms with E-state index in [1.165, 1.54) is 0 Å². The van der Waals surface area contributed by atoms with Crippen molar-refractivity contribution in [3.63, 3.8) is 0 Å². The lowest BCUT2D eigenvalue weighted by molar-refractivity contribution is 0.278. The second kappa shape index (κ2) is 29.5. The van der Waals surface area contributed by atoms with Crippen LogP contribution in [0.4, 0.5) is 4.70 Å². The summed E-state index contributed by atoms with van der Waals surface area (Å²) in [5.41, 5.74) is 0. The SMILES string of the molecule is F.N.N.N.OB(O)O. The first-order valence-electron chi connectivity index (χ1n) is 0.775. The minimum atomic E-state index is -2.17. The van der Waals surface area contributed by atoms with E-state index < -0.39 is 7.32 Å². The lowest BCUT2D eigenvalue weighted by Crippen LogP contribution is -2.07. The molecule has 0 bridgehead atoms. The Balaban J connectivity index is -0.00000000750. The molecule has 0 radical (unpaired) electrons. The van der Waals surface area contributed by atoms with Gasteiger partial charge in [0.15, 0.2) is 0 Å². The largest absolute Gasteiger partial charge is 0.631 e. The molecule has 0 aliphatic carbocycles. The van der Waals surface area contributed by atoms with Gasteiger partial charge in [-0.2, -0.15) is 0 Å². The number of halogens is 1. The fourth-order valence-corrected chi connectivity index (χ4v) is 0. The highest BCUT2D eigenvalue weighted by Gasteiger charge is 1.92. The van der Waals surface area contributed by atoms with E-state index in [-0.39, 0.29) is 23.2 Å². The van der Waals surface area contributed by atoms with Crippen molar-refractivity contribution in [1.82, 2.24) is 18.5 Å². The Morgan fingerprint density at radius 1 is 0.750 bits per heavy atom. The first-order chi connectivity index (χ1) is 1.73. The van der Waals surface area contributed by atoms with Gasteiger partial charge in [0.2, 0.25) is 0 Å². The molecule has 56 valence electrons. The Labute approximate surface area is 46.8 Å². The van der Waals surface area contributed by atoms with Gasteiger partial charge in [-0.25, -0.2) is 0 Å². The molecule has 12 N–H and O–H groups in total. The monoisotopic (exact) mass is 133 g/mol. The van der Waals surface area contributed by atoms with E-state index in [9.17, 15) is 0 Å². The van der Waals surface area contributed by atoms with Crippen molar-refractivity contribution >= 4 is 7.32 Å². The summed E-state index contributed by atoms with van der Waals surface area (Å²) in [6, 6.07) is 0. The van der Waals surface area contributed by atoms with E-state index in [2.05, 4.69) is 0 Å². The van der Waals surface area contributed by atoms with Crippen LogP contribution in [-0.4, -0.2) is 22.4 Å². The predicted molar refractivity (Wildman–Crippen MR) is 30.0 cm³/mol. The van der Waals surface area contributed by atoms with E-state index in [4.69, 9.17) is 15.1 Å². The Morgan fingerprint density at radius 2 is 0.750 bits per heavy atom. The standard InChI is InChI=1S/BH3O3.FH.3H3N/c2-1(3)4;;;;/h2-4H;1H;3*1H3. The number of rotatable bonds is 0. The lowest BCUT2D eigenvalue weighted by atomic mass is 10.3. The summed E-state index contributed by atoms with van der Waals surface area (Å²) in [7, 11) is -2.17. The third-order valence-corrected chi connectivity index (χ3v) is 0. The molecule has 0 aromatic carbocycles. The van der Waals surface area contributed by atoms with Crippen molar-refractivity contribution in [1.29, 1.82) is 0 Å². The third kappa shape index (κ3) is 2170. The summed E-state index contributed by atoms with van der Waals surface area (Å²) < 4.78 is 0. The molecule has 0 saturated carbocycles. The summed E-state index contributed by atoms with van der Waals surface area (Å²) in [5, 5.41) is 21.5. The summed E-state index contributed by atoms with van der Waals surface area (Å²) in [4.78, 5) is 0. The third-order valence-electron chi connectivity index (χ3n) is 0. The van der Waals surface area contributed by atoms with Crippen molar-refractivity contribution in [3.8, 4) is 0 Å². The normalized spacial score (nSPS) is 3.38. The van der Waals surface area contributed by atoms with Crippen LogP contribution in [0.25, 0.3) is 0 Å². The van der Waals surface area contributed by atoms with Crippen LogP contribution >= 0.6 is 0 Å². The lowest BCUT2D eigenvalue weighted by Gasteiger charge is -1.69. The van der Waals surface area contributed by atoms with Crippen LogP contribution in [0.15, 0.2) is 0 Å². The van der Waals surface area contributed by atoms with Crippen LogP contribution in [0.2, 0.25) is 0 Å².